The molecule has 0 saturated carbocycles. The van der Waals surface area contributed by atoms with Crippen molar-refractivity contribution < 1.29 is 18.0 Å². The van der Waals surface area contributed by atoms with Crippen LogP contribution in [0.15, 0.2) is 22.7 Å². The third kappa shape index (κ3) is 4.74. The fourth-order valence-electron chi connectivity index (χ4n) is 1.58. The molecule has 1 amide bonds. The van der Waals surface area contributed by atoms with E-state index in [1.165, 1.54) is 26.0 Å². The number of nitrogens with two attached hydrogens (primary N) is 1. The summed E-state index contributed by atoms with van der Waals surface area (Å²) in [6.07, 6.45) is -4.43. The summed E-state index contributed by atoms with van der Waals surface area (Å²) in [6, 6.07) is 3.82. The molecular weight excluding hydrogens is 325 g/mol. The molecule has 0 heterocycles. The molecule has 3 nitrogen and oxygen atoms in total. The van der Waals surface area contributed by atoms with Crippen molar-refractivity contribution in [2.75, 3.05) is 12.3 Å². The average molecular weight is 339 g/mol. The van der Waals surface area contributed by atoms with Gasteiger partial charge in [0.25, 0.3) is 5.91 Å². The Morgan fingerprint density at radius 2 is 1.95 bits per heavy atom. The van der Waals surface area contributed by atoms with Crippen molar-refractivity contribution in [3.63, 3.8) is 0 Å². The van der Waals surface area contributed by atoms with Crippen LogP contribution >= 0.6 is 15.9 Å². The van der Waals surface area contributed by atoms with Crippen molar-refractivity contribution >= 4 is 27.5 Å². The molecular formula is C12H14BrF3N2O. The normalized spacial score (nSPS) is 11.7. The van der Waals surface area contributed by atoms with Crippen LogP contribution in [-0.4, -0.2) is 29.6 Å². The quantitative estimate of drug-likeness (QED) is 0.858. The molecule has 0 aliphatic carbocycles. The molecule has 1 rings (SSSR count). The zero-order chi connectivity index (χ0) is 14.8. The molecule has 106 valence electrons. The summed E-state index contributed by atoms with van der Waals surface area (Å²) in [5.41, 5.74) is 6.02. The second kappa shape index (κ2) is 5.81. The van der Waals surface area contributed by atoms with Gasteiger partial charge in [0.2, 0.25) is 0 Å². The van der Waals surface area contributed by atoms with Crippen LogP contribution in [0.25, 0.3) is 0 Å². The van der Waals surface area contributed by atoms with Gasteiger partial charge in [0, 0.05) is 21.8 Å². The predicted molar refractivity (Wildman–Crippen MR) is 70.8 cm³/mol. The molecule has 0 aromatic heterocycles. The number of nitrogens with zero attached hydrogens (tertiary/aromatic N) is 1. The first kappa shape index (κ1) is 15.8. The minimum Gasteiger partial charge on any atom is -0.399 e. The SMILES string of the molecule is CC(C)N(CC(F)(F)F)C(=O)c1cc(N)cc(Br)c1. The van der Waals surface area contributed by atoms with E-state index in [-0.39, 0.29) is 5.56 Å². The molecule has 0 saturated heterocycles. The Morgan fingerprint density at radius 3 is 2.37 bits per heavy atom. The molecule has 7 heteroatoms. The van der Waals surface area contributed by atoms with Crippen molar-refractivity contribution in [2.24, 2.45) is 0 Å². The first-order chi connectivity index (χ1) is 8.60. The van der Waals surface area contributed by atoms with Gasteiger partial charge in [-0.05, 0) is 32.0 Å². The third-order valence-electron chi connectivity index (χ3n) is 2.40. The molecule has 0 radical (unpaired) electrons. The van der Waals surface area contributed by atoms with E-state index in [2.05, 4.69) is 15.9 Å². The van der Waals surface area contributed by atoms with E-state index in [9.17, 15) is 18.0 Å². The second-order valence-electron chi connectivity index (χ2n) is 4.42. The summed E-state index contributed by atoms with van der Waals surface area (Å²) < 4.78 is 38.0. The average Bonchev–Trinajstić information content (AvgIpc) is 2.22. The van der Waals surface area contributed by atoms with Gasteiger partial charge in [-0.1, -0.05) is 15.9 Å². The maximum atomic E-state index is 12.5. The van der Waals surface area contributed by atoms with Gasteiger partial charge in [-0.3, -0.25) is 4.79 Å². The van der Waals surface area contributed by atoms with E-state index in [0.29, 0.717) is 10.2 Å². The highest BCUT2D eigenvalue weighted by atomic mass is 79.9. The van der Waals surface area contributed by atoms with E-state index in [1.807, 2.05) is 0 Å². The molecule has 1 aromatic rings. The predicted octanol–water partition coefficient (Wildman–Crippen LogP) is 3.44. The molecule has 19 heavy (non-hydrogen) atoms. The first-order valence-corrected chi connectivity index (χ1v) is 6.33. The number of halogens is 4. The number of carbonyl (C=O) groups excluding carboxylic acids is 1. The zero-order valence-electron chi connectivity index (χ0n) is 10.5. The van der Waals surface area contributed by atoms with E-state index >= 15 is 0 Å². The molecule has 2 N–H and O–H groups in total. The molecule has 0 spiro atoms. The van der Waals surface area contributed by atoms with Crippen LogP contribution in [0.4, 0.5) is 18.9 Å². The number of benzene rings is 1. The maximum Gasteiger partial charge on any atom is 0.406 e. The monoisotopic (exact) mass is 338 g/mol. The smallest absolute Gasteiger partial charge is 0.399 e. The third-order valence-corrected chi connectivity index (χ3v) is 2.86. The number of alkyl halides is 3. The lowest BCUT2D eigenvalue weighted by atomic mass is 10.1. The van der Waals surface area contributed by atoms with Gasteiger partial charge in [-0.25, -0.2) is 0 Å². The van der Waals surface area contributed by atoms with Crippen LogP contribution in [-0.2, 0) is 0 Å². The Hall–Kier alpha value is -1.24. The van der Waals surface area contributed by atoms with Gasteiger partial charge < -0.3 is 10.6 Å². The van der Waals surface area contributed by atoms with Gasteiger partial charge in [0.05, 0.1) is 0 Å². The highest BCUT2D eigenvalue weighted by Crippen LogP contribution is 2.23. The summed E-state index contributed by atoms with van der Waals surface area (Å²) in [5, 5.41) is 0. The van der Waals surface area contributed by atoms with E-state index in [1.54, 1.807) is 6.07 Å². The van der Waals surface area contributed by atoms with Crippen molar-refractivity contribution in [1.29, 1.82) is 0 Å². The Labute approximate surface area is 117 Å². The molecule has 1 aromatic carbocycles. The van der Waals surface area contributed by atoms with Crippen LogP contribution in [0.2, 0.25) is 0 Å². The van der Waals surface area contributed by atoms with Gasteiger partial charge in [-0.2, -0.15) is 13.2 Å². The highest BCUT2D eigenvalue weighted by molar-refractivity contribution is 9.10. The lowest BCUT2D eigenvalue weighted by molar-refractivity contribution is -0.143. The van der Waals surface area contributed by atoms with E-state index < -0.39 is 24.7 Å². The molecule has 0 atom stereocenters. The van der Waals surface area contributed by atoms with Gasteiger partial charge in [-0.15, -0.1) is 0 Å². The minimum absolute atomic E-state index is 0.129. The number of rotatable bonds is 3. The van der Waals surface area contributed by atoms with Crippen LogP contribution in [0, 0.1) is 0 Å². The Balaban J connectivity index is 3.06. The lowest BCUT2D eigenvalue weighted by Crippen LogP contribution is -2.43. The number of nitrogen functional groups attached to an aromatic ring is 1. The number of hydrogen-bond acceptors (Lipinski definition) is 2. The number of anilines is 1. The Bertz CT molecular complexity index is 454. The number of carbonyl (C=O) groups is 1. The first-order valence-electron chi connectivity index (χ1n) is 5.54. The fourth-order valence-corrected chi connectivity index (χ4v) is 2.09. The van der Waals surface area contributed by atoms with Crippen LogP contribution in [0.3, 0.4) is 0 Å². The van der Waals surface area contributed by atoms with E-state index in [4.69, 9.17) is 5.73 Å². The molecule has 0 unspecified atom stereocenters. The summed E-state index contributed by atoms with van der Waals surface area (Å²) in [4.78, 5) is 12.9. The fraction of sp³-hybridized carbons (Fsp3) is 0.417. The second-order valence-corrected chi connectivity index (χ2v) is 5.33. The molecule has 0 aliphatic heterocycles. The summed E-state index contributed by atoms with van der Waals surface area (Å²) in [5.74, 6) is -0.694. The number of hydrogen-bond donors (Lipinski definition) is 1. The Morgan fingerprint density at radius 1 is 1.37 bits per heavy atom. The minimum atomic E-state index is -4.43. The molecule has 0 bridgehead atoms. The van der Waals surface area contributed by atoms with E-state index in [0.717, 1.165) is 4.90 Å². The summed E-state index contributed by atoms with van der Waals surface area (Å²) in [7, 11) is 0. The lowest BCUT2D eigenvalue weighted by Gasteiger charge is -2.28. The van der Waals surface area contributed by atoms with Gasteiger partial charge >= 0.3 is 6.18 Å². The van der Waals surface area contributed by atoms with Crippen molar-refractivity contribution in [3.8, 4) is 0 Å². The maximum absolute atomic E-state index is 12.5. The van der Waals surface area contributed by atoms with Crippen molar-refractivity contribution in [2.45, 2.75) is 26.1 Å². The van der Waals surface area contributed by atoms with Gasteiger partial charge in [0.15, 0.2) is 0 Å². The molecule has 0 aliphatic rings. The van der Waals surface area contributed by atoms with Crippen molar-refractivity contribution in [1.82, 2.24) is 4.90 Å². The van der Waals surface area contributed by atoms with Gasteiger partial charge in [0.1, 0.15) is 6.54 Å². The topological polar surface area (TPSA) is 46.3 Å². The highest BCUT2D eigenvalue weighted by Gasteiger charge is 2.34. The Kier molecular flexibility index (Phi) is 4.84. The molecule has 0 fully saturated rings. The summed E-state index contributed by atoms with van der Waals surface area (Å²) >= 11 is 3.16. The number of amides is 1. The zero-order valence-corrected chi connectivity index (χ0v) is 12.0. The van der Waals surface area contributed by atoms with Crippen molar-refractivity contribution in [3.05, 3.63) is 28.2 Å². The standard InChI is InChI=1S/C12H14BrF3N2O/c1-7(2)18(6-12(14,15)16)11(19)8-3-9(13)5-10(17)4-8/h3-5,7H,6,17H2,1-2H3. The summed E-state index contributed by atoms with van der Waals surface area (Å²) in [6.45, 7) is 1.78. The van der Waals surface area contributed by atoms with Crippen LogP contribution in [0.1, 0.15) is 24.2 Å². The van der Waals surface area contributed by atoms with Crippen LogP contribution < -0.4 is 5.73 Å². The largest absolute Gasteiger partial charge is 0.406 e. The van der Waals surface area contributed by atoms with Crippen LogP contribution in [0.5, 0.6) is 0 Å².